The van der Waals surface area contributed by atoms with Crippen molar-refractivity contribution in [3.63, 3.8) is 0 Å². The van der Waals surface area contributed by atoms with Gasteiger partial charge in [0, 0.05) is 6.08 Å². The van der Waals surface area contributed by atoms with Gasteiger partial charge in [-0.3, -0.25) is 0 Å². The Hall–Kier alpha value is -3.78. The van der Waals surface area contributed by atoms with Crippen LogP contribution in [0.3, 0.4) is 0 Å². The van der Waals surface area contributed by atoms with Crippen molar-refractivity contribution in [3.05, 3.63) is 119 Å². The molecule has 0 aliphatic carbocycles. The summed E-state index contributed by atoms with van der Waals surface area (Å²) in [5, 5.41) is 5.03. The molecule has 0 saturated carbocycles. The van der Waals surface area contributed by atoms with E-state index < -0.39 is 0 Å². The number of aryl methyl sites for hydroxylation is 3. The highest BCUT2D eigenvalue weighted by Gasteiger charge is 2.15. The Bertz CT molecular complexity index is 1480. The third-order valence-corrected chi connectivity index (χ3v) is 8.23. The van der Waals surface area contributed by atoms with Gasteiger partial charge in [0.1, 0.15) is 5.69 Å². The van der Waals surface area contributed by atoms with Gasteiger partial charge in [-0.05, 0) is 106 Å². The highest BCUT2D eigenvalue weighted by atomic mass is 15.2. The van der Waals surface area contributed by atoms with Gasteiger partial charge in [-0.2, -0.15) is 0 Å². The van der Waals surface area contributed by atoms with Crippen LogP contribution in [0.25, 0.3) is 28.3 Å². The van der Waals surface area contributed by atoms with Crippen molar-refractivity contribution in [3.8, 4) is 22.3 Å². The number of nitrogens with zero attached hydrogens (tertiary/aromatic N) is 2. The summed E-state index contributed by atoms with van der Waals surface area (Å²) < 4.78 is 1.96. The first kappa shape index (κ1) is 31.2. The fourth-order valence-corrected chi connectivity index (χ4v) is 5.81. The molecule has 2 nitrogen and oxygen atoms in total. The van der Waals surface area contributed by atoms with E-state index in [1.165, 1.54) is 95.0 Å². The van der Waals surface area contributed by atoms with Gasteiger partial charge in [0.15, 0.2) is 13.2 Å². The molecule has 4 aromatic carbocycles. The van der Waals surface area contributed by atoms with Gasteiger partial charge in [0.05, 0.1) is 0 Å². The molecule has 218 valence electrons. The molecular weight excluding hydrogens is 508 g/mol. The number of hydrogen-bond acceptors (Lipinski definition) is 1. The molecule has 4 rings (SSSR count). The molecule has 42 heavy (non-hydrogen) atoms. The van der Waals surface area contributed by atoms with Gasteiger partial charge in [0.25, 0.3) is 0 Å². The molecule has 0 saturated heterocycles. The topological polar surface area (TPSA) is 15.4 Å². The van der Waals surface area contributed by atoms with Crippen LogP contribution < -0.4 is 0 Å². The minimum Gasteiger partial charge on any atom is -0.0934 e. The Morgan fingerprint density at radius 1 is 0.667 bits per heavy atom. The molecule has 0 aliphatic heterocycles. The summed E-state index contributed by atoms with van der Waals surface area (Å²) in [6.45, 7) is 9.12. The maximum Gasteiger partial charge on any atom is 0.196 e. The van der Waals surface area contributed by atoms with E-state index in [1.54, 1.807) is 0 Å². The second-order valence-electron chi connectivity index (χ2n) is 11.5. The summed E-state index contributed by atoms with van der Waals surface area (Å²) >= 11 is 0. The summed E-state index contributed by atoms with van der Waals surface area (Å²) in [5.74, 6) is 0. The Kier molecular flexibility index (Phi) is 11.9. The van der Waals surface area contributed by atoms with Gasteiger partial charge in [0.2, 0.25) is 0 Å². The lowest BCUT2D eigenvalue weighted by Gasteiger charge is -2.15. The van der Waals surface area contributed by atoms with Crippen molar-refractivity contribution in [2.24, 2.45) is 5.11 Å². The maximum absolute atomic E-state index is 5.03. The fourth-order valence-electron chi connectivity index (χ4n) is 5.81. The second kappa shape index (κ2) is 16.0. The highest BCUT2D eigenvalue weighted by molar-refractivity contribution is 5.87. The largest absolute Gasteiger partial charge is 0.196 e. The lowest BCUT2D eigenvalue weighted by molar-refractivity contribution is -0.491. The summed E-state index contributed by atoms with van der Waals surface area (Å²) in [6, 6.07) is 30.7. The first-order valence-electron chi connectivity index (χ1n) is 16.1. The second-order valence-corrected chi connectivity index (χ2v) is 11.5. The van der Waals surface area contributed by atoms with E-state index >= 15 is 0 Å². The van der Waals surface area contributed by atoms with Crippen LogP contribution >= 0.6 is 0 Å². The standard InChI is InChI=1S/C40H49N2/c1-6-9-11-14-24-37-28-32(27-36(31(37)4)19-10-7-2)25-26-42(5)41-38-29-33(8-3)40(35-22-17-13-18-23-35)39(30-38)34-20-15-12-16-21-34/h12-13,15-18,20-23,25-30H,6-11,14,19,24H2,1-5H3/q+1. The normalized spacial score (nSPS) is 11.9. The van der Waals surface area contributed by atoms with Gasteiger partial charge < -0.3 is 0 Å². The van der Waals surface area contributed by atoms with Crippen LogP contribution in [0.1, 0.15) is 87.1 Å². The molecule has 0 N–H and O–H groups in total. The smallest absolute Gasteiger partial charge is 0.0934 e. The van der Waals surface area contributed by atoms with Gasteiger partial charge in [-0.25, -0.2) is 0 Å². The molecule has 0 radical (unpaired) electrons. The van der Waals surface area contributed by atoms with Crippen molar-refractivity contribution < 1.29 is 4.70 Å². The molecule has 0 unspecified atom stereocenters. The lowest BCUT2D eigenvalue weighted by Crippen LogP contribution is -1.99. The molecule has 2 heteroatoms. The van der Waals surface area contributed by atoms with Gasteiger partial charge >= 0.3 is 0 Å². The third kappa shape index (κ3) is 8.38. The minimum atomic E-state index is 0.942. The van der Waals surface area contributed by atoms with Crippen molar-refractivity contribution >= 4 is 11.8 Å². The summed E-state index contributed by atoms with van der Waals surface area (Å²) in [7, 11) is 2.03. The van der Waals surface area contributed by atoms with Crippen molar-refractivity contribution in [2.75, 3.05) is 7.05 Å². The van der Waals surface area contributed by atoms with Crippen LogP contribution in [0.4, 0.5) is 5.69 Å². The Morgan fingerprint density at radius 2 is 1.29 bits per heavy atom. The van der Waals surface area contributed by atoms with E-state index in [4.69, 9.17) is 5.11 Å². The zero-order chi connectivity index (χ0) is 29.7. The van der Waals surface area contributed by atoms with Crippen LogP contribution in [0.5, 0.6) is 0 Å². The summed E-state index contributed by atoms with van der Waals surface area (Å²) in [6.07, 6.45) is 15.2. The van der Waals surface area contributed by atoms with Gasteiger partial charge in [-0.15, -0.1) is 0 Å². The quantitative estimate of drug-likeness (QED) is 0.0832. The van der Waals surface area contributed by atoms with Crippen molar-refractivity contribution in [2.45, 2.75) is 85.5 Å². The highest BCUT2D eigenvalue weighted by Crippen LogP contribution is 2.38. The molecule has 0 aliphatic rings. The van der Waals surface area contributed by atoms with Crippen LogP contribution in [0.2, 0.25) is 0 Å². The summed E-state index contributed by atoms with van der Waals surface area (Å²) in [5.41, 5.74) is 13.1. The minimum absolute atomic E-state index is 0.942. The molecular formula is C40H49N2+. The number of rotatable bonds is 14. The fraction of sp³-hybridized carbons (Fsp3) is 0.350. The number of unbranched alkanes of at least 4 members (excludes halogenated alkanes) is 4. The number of azo groups is 2. The van der Waals surface area contributed by atoms with E-state index in [1.807, 2.05) is 11.7 Å². The predicted octanol–water partition coefficient (Wildman–Crippen LogP) is 11.8. The van der Waals surface area contributed by atoms with Crippen LogP contribution in [0.15, 0.2) is 96.2 Å². The first-order chi connectivity index (χ1) is 20.5. The zero-order valence-electron chi connectivity index (χ0n) is 26.5. The SMILES string of the molecule is CCCCCCc1cc(C=C[N+](C)=Nc2cc(CC)c(-c3ccccc3)c(-c3ccccc3)c2)cc(CCCC)c1C. The van der Waals surface area contributed by atoms with Crippen molar-refractivity contribution in [1.29, 1.82) is 0 Å². The average molecular weight is 558 g/mol. The Labute approximate surface area is 254 Å². The summed E-state index contributed by atoms with van der Waals surface area (Å²) in [4.78, 5) is 0. The monoisotopic (exact) mass is 557 g/mol. The van der Waals surface area contributed by atoms with Crippen LogP contribution in [-0.2, 0) is 19.3 Å². The van der Waals surface area contributed by atoms with Crippen LogP contribution in [0, 0.1) is 6.92 Å². The van der Waals surface area contributed by atoms with Gasteiger partial charge in [-0.1, -0.05) is 124 Å². The molecule has 4 aromatic rings. The van der Waals surface area contributed by atoms with E-state index in [2.05, 4.69) is 125 Å². The van der Waals surface area contributed by atoms with E-state index in [9.17, 15) is 0 Å². The van der Waals surface area contributed by atoms with Crippen LogP contribution in [-0.4, -0.2) is 11.7 Å². The van der Waals surface area contributed by atoms with E-state index in [0.717, 1.165) is 18.5 Å². The zero-order valence-corrected chi connectivity index (χ0v) is 26.5. The molecule has 0 fully saturated rings. The number of benzene rings is 4. The number of hydrogen-bond donors (Lipinski definition) is 0. The van der Waals surface area contributed by atoms with Crippen molar-refractivity contribution in [1.82, 2.24) is 0 Å². The molecule has 0 spiro atoms. The maximum atomic E-state index is 5.03. The third-order valence-electron chi connectivity index (χ3n) is 8.23. The molecule has 0 heterocycles. The van der Waals surface area contributed by atoms with E-state index in [0.29, 0.717) is 0 Å². The lowest BCUT2D eigenvalue weighted by atomic mass is 9.89. The molecule has 0 amide bonds. The predicted molar refractivity (Wildman–Crippen MR) is 182 cm³/mol. The molecule has 0 bridgehead atoms. The first-order valence-corrected chi connectivity index (χ1v) is 16.1. The van der Waals surface area contributed by atoms with E-state index in [-0.39, 0.29) is 0 Å². The average Bonchev–Trinajstić information content (AvgIpc) is 3.02. The molecule has 0 atom stereocenters. The molecule has 0 aromatic heterocycles. The Balaban J connectivity index is 1.68. The Morgan fingerprint density at radius 3 is 1.90 bits per heavy atom.